The molecule has 2 aromatic rings. The first kappa shape index (κ1) is 32.8. The van der Waals surface area contributed by atoms with E-state index in [1.807, 2.05) is 11.9 Å². The van der Waals surface area contributed by atoms with Gasteiger partial charge in [0.25, 0.3) is 0 Å². The van der Waals surface area contributed by atoms with Gasteiger partial charge in [-0.15, -0.1) is 0 Å². The van der Waals surface area contributed by atoms with Gasteiger partial charge in [-0.3, -0.25) is 0 Å². The average Bonchev–Trinajstić information content (AvgIpc) is 3.40. The molecular formula is C28H41N5O9S2. The molecule has 1 aromatic heterocycles. The molecule has 0 amide bonds. The summed E-state index contributed by atoms with van der Waals surface area (Å²) in [5, 5.41) is 23.2. The molecule has 2 saturated heterocycles. The molecule has 14 nitrogen and oxygen atoms in total. The number of hydrogen-bond acceptors (Lipinski definition) is 12. The quantitative estimate of drug-likeness (QED) is 0.239. The Bertz CT molecular complexity index is 1520. The molecule has 44 heavy (non-hydrogen) atoms. The summed E-state index contributed by atoms with van der Waals surface area (Å²) >= 11 is 0. The maximum atomic E-state index is 13.4. The van der Waals surface area contributed by atoms with Gasteiger partial charge < -0.3 is 34.6 Å². The van der Waals surface area contributed by atoms with Crippen LogP contribution in [0.25, 0.3) is 0 Å². The predicted molar refractivity (Wildman–Crippen MR) is 161 cm³/mol. The minimum atomic E-state index is -3.81. The van der Waals surface area contributed by atoms with Crippen LogP contribution in [0.2, 0.25) is 0 Å². The van der Waals surface area contributed by atoms with E-state index in [1.165, 1.54) is 29.6 Å². The van der Waals surface area contributed by atoms with E-state index < -0.39 is 37.9 Å². The second-order valence-electron chi connectivity index (χ2n) is 11.6. The maximum Gasteiger partial charge on any atom is 0.244 e. The number of aromatic nitrogens is 1. The summed E-state index contributed by atoms with van der Waals surface area (Å²) in [7, 11) is -5.65. The molecule has 3 aliphatic heterocycles. The normalized spacial score (nSPS) is 21.9. The van der Waals surface area contributed by atoms with Crippen LogP contribution in [0, 0.1) is 0 Å². The molecule has 2 fully saturated rings. The number of aliphatic hydroxyl groups excluding tert-OH is 2. The van der Waals surface area contributed by atoms with Crippen LogP contribution in [-0.2, 0) is 24.8 Å². The topological polar surface area (TPSA) is 180 Å². The van der Waals surface area contributed by atoms with Gasteiger partial charge in [0.05, 0.1) is 35.9 Å². The van der Waals surface area contributed by atoms with Crippen molar-refractivity contribution >= 4 is 25.7 Å². The molecule has 1 aromatic carbocycles. The van der Waals surface area contributed by atoms with Crippen molar-refractivity contribution < 1.29 is 41.3 Å². The second kappa shape index (κ2) is 13.4. The van der Waals surface area contributed by atoms with Crippen LogP contribution < -0.4 is 24.4 Å². The van der Waals surface area contributed by atoms with Crippen molar-refractivity contribution in [2.24, 2.45) is 0 Å². The van der Waals surface area contributed by atoms with E-state index in [0.717, 1.165) is 0 Å². The summed E-state index contributed by atoms with van der Waals surface area (Å²) in [6.45, 7) is 3.83. The number of nitrogens with zero attached hydrogens (tertiary/aromatic N) is 3. The van der Waals surface area contributed by atoms with Crippen LogP contribution in [0.3, 0.4) is 0 Å². The molecular weight excluding hydrogens is 614 g/mol. The fraction of sp³-hybridized carbons (Fsp3) is 0.607. The van der Waals surface area contributed by atoms with E-state index in [-0.39, 0.29) is 35.5 Å². The molecule has 5 rings (SSSR count). The van der Waals surface area contributed by atoms with Gasteiger partial charge in [0.1, 0.15) is 35.7 Å². The zero-order valence-corrected chi connectivity index (χ0v) is 26.5. The number of sulfonamides is 2. The summed E-state index contributed by atoms with van der Waals surface area (Å²) in [5.41, 5.74) is 0.232. The van der Waals surface area contributed by atoms with Crippen LogP contribution in [0.1, 0.15) is 26.2 Å². The fourth-order valence-corrected chi connectivity index (χ4v) is 8.12. The summed E-state index contributed by atoms with van der Waals surface area (Å²) in [6.07, 6.45) is 1.48. The molecule has 0 saturated carbocycles. The number of hydrogen-bond donors (Lipinski definition) is 4. The van der Waals surface area contributed by atoms with E-state index in [2.05, 4.69) is 15.0 Å². The zero-order chi connectivity index (χ0) is 31.5. The third kappa shape index (κ3) is 7.62. The van der Waals surface area contributed by atoms with Crippen LogP contribution in [0.5, 0.6) is 11.6 Å². The van der Waals surface area contributed by atoms with E-state index >= 15 is 0 Å². The van der Waals surface area contributed by atoms with E-state index in [4.69, 9.17) is 14.2 Å². The van der Waals surface area contributed by atoms with Crippen LogP contribution in [-0.4, -0.2) is 120 Å². The molecule has 3 unspecified atom stereocenters. The smallest absolute Gasteiger partial charge is 0.244 e. The number of ether oxygens (including phenoxy) is 3. The first-order valence-corrected chi connectivity index (χ1v) is 17.6. The standard InChI is InChI=1S/C28H41N5O9S2/c1-20(34)15-31-43(36,37)24-5-3-4-23(12-24)41-19-22(35)16-29-21-14-28(42-18-21)6-8-33(9-7-28)44(38,39)25-13-26-27(30-17-25)40-11-10-32(26)2/h3-5,12-13,17,20-22,29,31,34-35H,6-11,14-16,18-19H2,1-2H3. The van der Waals surface area contributed by atoms with Gasteiger partial charge in [-0.25, -0.2) is 26.5 Å². The molecule has 16 heteroatoms. The molecule has 3 aliphatic rings. The van der Waals surface area contributed by atoms with Gasteiger partial charge in [0.15, 0.2) is 0 Å². The molecule has 0 aliphatic carbocycles. The average molecular weight is 656 g/mol. The first-order valence-electron chi connectivity index (χ1n) is 14.7. The number of likely N-dealkylation sites (N-methyl/N-ethyl adjacent to an activating group) is 1. The van der Waals surface area contributed by atoms with Crippen molar-refractivity contribution in [1.82, 2.24) is 19.3 Å². The second-order valence-corrected chi connectivity index (χ2v) is 15.3. The minimum Gasteiger partial charge on any atom is -0.491 e. The highest BCUT2D eigenvalue weighted by Gasteiger charge is 2.45. The molecule has 0 radical (unpaired) electrons. The number of benzene rings is 1. The lowest BCUT2D eigenvalue weighted by molar-refractivity contribution is -0.0312. The number of fused-ring (bicyclic) bond motifs is 1. The number of piperidine rings is 1. The number of pyridine rings is 1. The highest BCUT2D eigenvalue weighted by Crippen LogP contribution is 2.38. The van der Waals surface area contributed by atoms with Crippen LogP contribution in [0.15, 0.2) is 46.3 Å². The van der Waals surface area contributed by atoms with Crippen molar-refractivity contribution in [2.75, 3.05) is 64.5 Å². The highest BCUT2D eigenvalue weighted by molar-refractivity contribution is 7.89. The third-order valence-electron chi connectivity index (χ3n) is 8.13. The highest BCUT2D eigenvalue weighted by atomic mass is 32.2. The van der Waals surface area contributed by atoms with Crippen molar-refractivity contribution in [1.29, 1.82) is 0 Å². The minimum absolute atomic E-state index is 0.00271. The lowest BCUT2D eigenvalue weighted by Gasteiger charge is -2.38. The van der Waals surface area contributed by atoms with Crippen molar-refractivity contribution in [2.45, 2.75) is 59.8 Å². The van der Waals surface area contributed by atoms with Crippen molar-refractivity contribution in [3.05, 3.63) is 36.5 Å². The van der Waals surface area contributed by atoms with Gasteiger partial charge >= 0.3 is 0 Å². The van der Waals surface area contributed by atoms with Gasteiger partial charge in [-0.2, -0.15) is 4.31 Å². The van der Waals surface area contributed by atoms with E-state index in [1.54, 1.807) is 18.2 Å². The van der Waals surface area contributed by atoms with E-state index in [9.17, 15) is 27.0 Å². The Morgan fingerprint density at radius 3 is 2.64 bits per heavy atom. The van der Waals surface area contributed by atoms with Gasteiger partial charge in [-0.1, -0.05) is 6.07 Å². The SMILES string of the molecule is CC(O)CNS(=O)(=O)c1cccc(OCC(O)CNC2COC3(CCN(S(=O)(=O)c4cnc5c(c4)N(C)CCO5)CC3)C2)c1. The summed E-state index contributed by atoms with van der Waals surface area (Å²) in [6, 6.07) is 7.54. The Hall–Kier alpha value is -2.57. The number of aliphatic hydroxyl groups is 2. The summed E-state index contributed by atoms with van der Waals surface area (Å²) < 4.78 is 72.8. The zero-order valence-electron chi connectivity index (χ0n) is 24.9. The fourth-order valence-electron chi connectivity index (χ4n) is 5.55. The predicted octanol–water partition coefficient (Wildman–Crippen LogP) is -0.0890. The summed E-state index contributed by atoms with van der Waals surface area (Å²) in [5.74, 6) is 0.729. The summed E-state index contributed by atoms with van der Waals surface area (Å²) in [4.78, 5) is 6.31. The molecule has 3 atom stereocenters. The molecule has 4 N–H and O–H groups in total. The maximum absolute atomic E-state index is 13.4. The first-order chi connectivity index (χ1) is 20.9. The lowest BCUT2D eigenvalue weighted by atomic mass is 9.88. The van der Waals surface area contributed by atoms with E-state index in [0.29, 0.717) is 69.4 Å². The molecule has 1 spiro atoms. The number of anilines is 1. The molecule has 0 bridgehead atoms. The Kier molecular flexibility index (Phi) is 10.0. The van der Waals surface area contributed by atoms with Gasteiger partial charge in [0, 0.05) is 45.3 Å². The Morgan fingerprint density at radius 2 is 1.89 bits per heavy atom. The van der Waals surface area contributed by atoms with Crippen LogP contribution in [0.4, 0.5) is 5.69 Å². The molecule has 244 valence electrons. The van der Waals surface area contributed by atoms with Crippen molar-refractivity contribution in [3.8, 4) is 11.6 Å². The van der Waals surface area contributed by atoms with Gasteiger partial charge in [0.2, 0.25) is 25.9 Å². The lowest BCUT2D eigenvalue weighted by Crippen LogP contribution is -2.47. The van der Waals surface area contributed by atoms with Crippen LogP contribution >= 0.6 is 0 Å². The largest absolute Gasteiger partial charge is 0.491 e. The monoisotopic (exact) mass is 655 g/mol. The Balaban J connectivity index is 1.07. The van der Waals surface area contributed by atoms with Crippen molar-refractivity contribution in [3.63, 3.8) is 0 Å². The molecule has 4 heterocycles. The number of nitrogens with one attached hydrogen (secondary N) is 2. The Morgan fingerprint density at radius 1 is 1.11 bits per heavy atom. The Labute approximate surface area is 258 Å². The van der Waals surface area contributed by atoms with Gasteiger partial charge in [-0.05, 0) is 44.4 Å². The number of rotatable bonds is 12. The third-order valence-corrected chi connectivity index (χ3v) is 11.4.